The van der Waals surface area contributed by atoms with Gasteiger partial charge in [0.15, 0.2) is 0 Å². The largest absolute Gasteiger partial charge is 0.481 e. The van der Waals surface area contributed by atoms with Crippen LogP contribution >= 0.6 is 0 Å². The Kier molecular flexibility index (Phi) is 7.34. The van der Waals surface area contributed by atoms with Gasteiger partial charge >= 0.3 is 5.97 Å². The molecular weight excluding hydrogens is 192 g/mol. The van der Waals surface area contributed by atoms with Crippen molar-refractivity contribution >= 4 is 5.97 Å². The monoisotopic (exact) mass is 216 g/mol. The molecule has 0 spiro atoms. The first kappa shape index (κ1) is 14.4. The molecule has 90 valence electrons. The average molecular weight is 216 g/mol. The average Bonchev–Trinajstić information content (AvgIpc) is 2.15. The topological polar surface area (TPSA) is 52.6 Å². The molecule has 0 amide bonds. The Morgan fingerprint density at radius 2 is 2.07 bits per heavy atom. The highest BCUT2D eigenvalue weighted by atomic mass is 16.4. The minimum atomic E-state index is -0.745. The van der Waals surface area contributed by atoms with Crippen LogP contribution < -0.4 is 5.32 Å². The molecule has 0 aromatic rings. The molecule has 0 rings (SSSR count). The van der Waals surface area contributed by atoms with Crippen LogP contribution in [0.2, 0.25) is 0 Å². The lowest BCUT2D eigenvalue weighted by atomic mass is 10.2. The van der Waals surface area contributed by atoms with Crippen molar-refractivity contribution in [1.29, 1.82) is 0 Å². The summed E-state index contributed by atoms with van der Waals surface area (Å²) >= 11 is 0. The molecule has 0 aliphatic rings. The third-order valence-corrected chi connectivity index (χ3v) is 2.78. The lowest BCUT2D eigenvalue weighted by Crippen LogP contribution is -2.38. The second-order valence-corrected chi connectivity index (χ2v) is 4.19. The van der Waals surface area contributed by atoms with Crippen molar-refractivity contribution in [3.8, 4) is 0 Å². The maximum absolute atomic E-state index is 10.4. The van der Waals surface area contributed by atoms with Gasteiger partial charge in [-0.05, 0) is 27.3 Å². The molecule has 2 unspecified atom stereocenters. The molecule has 4 heteroatoms. The van der Waals surface area contributed by atoms with Crippen LogP contribution in [0.3, 0.4) is 0 Å². The van der Waals surface area contributed by atoms with E-state index in [4.69, 9.17) is 5.11 Å². The number of aliphatic carboxylic acids is 1. The Bertz CT molecular complexity index is 185. The Morgan fingerprint density at radius 3 is 2.53 bits per heavy atom. The molecular formula is C11H24N2O2. The minimum absolute atomic E-state index is 0.0489. The fraction of sp³-hybridized carbons (Fsp3) is 0.909. The molecule has 0 aromatic heterocycles. The van der Waals surface area contributed by atoms with Gasteiger partial charge in [-0.3, -0.25) is 4.79 Å². The summed E-state index contributed by atoms with van der Waals surface area (Å²) in [5, 5.41) is 11.8. The van der Waals surface area contributed by atoms with Gasteiger partial charge in [0.05, 0.1) is 6.42 Å². The van der Waals surface area contributed by atoms with Crippen LogP contribution in [0.15, 0.2) is 0 Å². The van der Waals surface area contributed by atoms with E-state index in [0.717, 1.165) is 19.5 Å². The number of carboxylic acid groups (broad SMARTS) is 1. The van der Waals surface area contributed by atoms with Crippen molar-refractivity contribution < 1.29 is 9.90 Å². The van der Waals surface area contributed by atoms with E-state index in [-0.39, 0.29) is 12.5 Å². The van der Waals surface area contributed by atoms with Crippen LogP contribution in [0.25, 0.3) is 0 Å². The van der Waals surface area contributed by atoms with E-state index in [0.29, 0.717) is 6.04 Å². The molecule has 0 heterocycles. The molecule has 2 N–H and O–H groups in total. The van der Waals surface area contributed by atoms with Crippen LogP contribution in [0.1, 0.15) is 33.6 Å². The van der Waals surface area contributed by atoms with Crippen molar-refractivity contribution in [2.24, 2.45) is 0 Å². The number of hydrogen-bond acceptors (Lipinski definition) is 3. The van der Waals surface area contributed by atoms with Crippen LogP contribution in [-0.2, 0) is 4.79 Å². The van der Waals surface area contributed by atoms with Crippen molar-refractivity contribution in [1.82, 2.24) is 10.2 Å². The highest BCUT2D eigenvalue weighted by Crippen LogP contribution is 1.98. The number of nitrogens with zero attached hydrogens (tertiary/aromatic N) is 1. The molecule has 0 aliphatic carbocycles. The summed E-state index contributed by atoms with van der Waals surface area (Å²) in [7, 11) is 2.09. The quantitative estimate of drug-likeness (QED) is 0.639. The smallest absolute Gasteiger partial charge is 0.304 e. The number of nitrogens with one attached hydrogen (secondary N) is 1. The van der Waals surface area contributed by atoms with Gasteiger partial charge < -0.3 is 15.3 Å². The van der Waals surface area contributed by atoms with Crippen molar-refractivity contribution in [3.63, 3.8) is 0 Å². The van der Waals surface area contributed by atoms with E-state index in [1.54, 1.807) is 0 Å². The summed E-state index contributed by atoms with van der Waals surface area (Å²) < 4.78 is 0. The maximum atomic E-state index is 10.4. The number of carboxylic acids is 1. The predicted molar refractivity (Wildman–Crippen MR) is 62.1 cm³/mol. The zero-order chi connectivity index (χ0) is 11.8. The summed E-state index contributed by atoms with van der Waals surface area (Å²) in [6, 6.07) is 0.634. The first-order valence-electron chi connectivity index (χ1n) is 5.62. The van der Waals surface area contributed by atoms with Gasteiger partial charge in [0.2, 0.25) is 0 Å². The van der Waals surface area contributed by atoms with Crippen LogP contribution in [0.4, 0.5) is 0 Å². The molecule has 0 saturated carbocycles. The zero-order valence-corrected chi connectivity index (χ0v) is 10.3. The lowest BCUT2D eigenvalue weighted by Gasteiger charge is -2.24. The van der Waals surface area contributed by atoms with Gasteiger partial charge in [0.25, 0.3) is 0 Å². The molecule has 2 atom stereocenters. The Balaban J connectivity index is 3.56. The first-order chi connectivity index (χ1) is 6.97. The van der Waals surface area contributed by atoms with E-state index < -0.39 is 5.97 Å². The van der Waals surface area contributed by atoms with Gasteiger partial charge in [-0.15, -0.1) is 0 Å². The van der Waals surface area contributed by atoms with Crippen molar-refractivity contribution in [2.45, 2.75) is 45.7 Å². The fourth-order valence-corrected chi connectivity index (χ4v) is 1.35. The molecule has 15 heavy (non-hydrogen) atoms. The number of hydrogen-bond donors (Lipinski definition) is 2. The zero-order valence-electron chi connectivity index (χ0n) is 10.3. The Labute approximate surface area is 92.7 Å². The highest BCUT2D eigenvalue weighted by Gasteiger charge is 2.08. The summed E-state index contributed by atoms with van der Waals surface area (Å²) in [6.07, 6.45) is 1.33. The van der Waals surface area contributed by atoms with E-state index in [2.05, 4.69) is 31.1 Å². The minimum Gasteiger partial charge on any atom is -0.481 e. The Morgan fingerprint density at radius 1 is 1.47 bits per heavy atom. The molecule has 4 nitrogen and oxygen atoms in total. The van der Waals surface area contributed by atoms with E-state index >= 15 is 0 Å². The van der Waals surface area contributed by atoms with E-state index in [1.807, 2.05) is 6.92 Å². The van der Waals surface area contributed by atoms with Crippen molar-refractivity contribution in [3.05, 3.63) is 0 Å². The van der Waals surface area contributed by atoms with Gasteiger partial charge in [-0.2, -0.15) is 0 Å². The molecule has 0 bridgehead atoms. The van der Waals surface area contributed by atoms with Gasteiger partial charge in [0.1, 0.15) is 0 Å². The molecule has 0 aromatic carbocycles. The summed E-state index contributed by atoms with van der Waals surface area (Å²) in [5.74, 6) is -0.745. The normalized spacial score (nSPS) is 15.3. The number of rotatable bonds is 8. The summed E-state index contributed by atoms with van der Waals surface area (Å²) in [5.41, 5.74) is 0. The third-order valence-electron chi connectivity index (χ3n) is 2.78. The number of carbonyl (C=O) groups is 1. The van der Waals surface area contributed by atoms with E-state index in [9.17, 15) is 4.79 Å². The molecule has 0 aliphatic heterocycles. The van der Waals surface area contributed by atoms with Crippen LogP contribution in [0.5, 0.6) is 0 Å². The molecule has 0 fully saturated rings. The molecule has 0 saturated heterocycles. The SMILES string of the molecule is CCC(C)N(C)CCNC(C)CC(=O)O. The summed E-state index contributed by atoms with van der Waals surface area (Å²) in [6.45, 7) is 8.06. The molecule has 0 radical (unpaired) electrons. The van der Waals surface area contributed by atoms with Crippen LogP contribution in [0, 0.1) is 0 Å². The standard InChI is InChI=1S/C11H24N2O2/c1-5-10(3)13(4)7-6-12-9(2)8-11(14)15/h9-10,12H,5-8H2,1-4H3,(H,14,15). The third kappa shape index (κ3) is 7.33. The maximum Gasteiger partial charge on any atom is 0.304 e. The van der Waals surface area contributed by atoms with E-state index in [1.165, 1.54) is 0 Å². The van der Waals surface area contributed by atoms with Crippen LogP contribution in [-0.4, -0.2) is 48.2 Å². The van der Waals surface area contributed by atoms with Gasteiger partial charge in [-0.1, -0.05) is 6.92 Å². The first-order valence-corrected chi connectivity index (χ1v) is 5.62. The lowest BCUT2D eigenvalue weighted by molar-refractivity contribution is -0.137. The number of likely N-dealkylation sites (N-methyl/N-ethyl adjacent to an activating group) is 1. The second-order valence-electron chi connectivity index (χ2n) is 4.19. The van der Waals surface area contributed by atoms with Crippen molar-refractivity contribution in [2.75, 3.05) is 20.1 Å². The Hall–Kier alpha value is -0.610. The summed E-state index contributed by atoms with van der Waals surface area (Å²) in [4.78, 5) is 12.7. The second kappa shape index (κ2) is 7.65. The van der Waals surface area contributed by atoms with Gasteiger partial charge in [0, 0.05) is 25.2 Å². The highest BCUT2D eigenvalue weighted by molar-refractivity contribution is 5.67. The predicted octanol–water partition coefficient (Wildman–Crippen LogP) is 1.17. The van der Waals surface area contributed by atoms with Gasteiger partial charge in [-0.25, -0.2) is 0 Å². The fourth-order valence-electron chi connectivity index (χ4n) is 1.35.